The Balaban J connectivity index is 3.50. The third kappa shape index (κ3) is 2.86. The minimum absolute atomic E-state index is 0.421. The molecule has 1 unspecified atom stereocenters. The van der Waals surface area contributed by atoms with Gasteiger partial charge in [-0.1, -0.05) is 12.1 Å². The maximum atomic E-state index is 6.06. The molecular formula is C12H16B3NO3. The van der Waals surface area contributed by atoms with E-state index < -0.39 is 10.7 Å². The largest absolute Gasteiger partial charge is 0.496 e. The first-order valence-electron chi connectivity index (χ1n) is 5.65. The molecule has 0 saturated heterocycles. The third-order valence-electron chi connectivity index (χ3n) is 3.04. The lowest BCUT2D eigenvalue weighted by molar-refractivity contribution is 0.346. The highest BCUT2D eigenvalue weighted by molar-refractivity contribution is 6.45. The summed E-state index contributed by atoms with van der Waals surface area (Å²) in [5.74, 6) is 1.38. The molecule has 1 aromatic rings. The van der Waals surface area contributed by atoms with Gasteiger partial charge in [-0.25, -0.2) is 0 Å². The van der Waals surface area contributed by atoms with Crippen LogP contribution < -0.4 is 19.9 Å². The van der Waals surface area contributed by atoms with Gasteiger partial charge in [0.1, 0.15) is 5.75 Å². The monoisotopic (exact) mass is 255 g/mol. The summed E-state index contributed by atoms with van der Waals surface area (Å²) in [6, 6.07) is 3.23. The van der Waals surface area contributed by atoms with Crippen molar-refractivity contribution < 1.29 is 14.2 Å². The number of benzene rings is 1. The number of rotatable bonds is 5. The molecule has 0 aliphatic heterocycles. The van der Waals surface area contributed by atoms with Crippen LogP contribution in [0.4, 0.5) is 0 Å². The molecular weight excluding hydrogens is 239 g/mol. The van der Waals surface area contributed by atoms with Crippen molar-refractivity contribution in [3.05, 3.63) is 17.7 Å². The van der Waals surface area contributed by atoms with Gasteiger partial charge in [0.15, 0.2) is 11.5 Å². The Bertz CT molecular complexity index is 458. The average molecular weight is 255 g/mol. The van der Waals surface area contributed by atoms with E-state index in [4.69, 9.17) is 43.5 Å². The predicted molar refractivity (Wildman–Crippen MR) is 77.6 cm³/mol. The Hall–Kier alpha value is -1.23. The molecule has 1 rings (SSSR count). The number of hydrogen-bond donors (Lipinski definition) is 1. The maximum absolute atomic E-state index is 6.06. The number of ether oxygens (including phenoxy) is 3. The van der Waals surface area contributed by atoms with E-state index in [9.17, 15) is 0 Å². The van der Waals surface area contributed by atoms with Gasteiger partial charge in [-0.2, -0.15) is 0 Å². The first kappa shape index (κ1) is 15.8. The third-order valence-corrected chi connectivity index (χ3v) is 3.04. The minimum atomic E-state index is -1.50. The standard InChI is InChI=1S/C12H16B3NO3/c1-11(13,16)12(14,15)7-5-9(18-3)10(19-4)6-8(7)17-2/h5-6H,16H2,1-4H3. The van der Waals surface area contributed by atoms with E-state index >= 15 is 0 Å². The molecule has 2 N–H and O–H groups in total. The summed E-state index contributed by atoms with van der Waals surface area (Å²) in [5.41, 5.74) is 4.91. The van der Waals surface area contributed by atoms with Crippen molar-refractivity contribution in [2.45, 2.75) is 17.6 Å². The average Bonchev–Trinajstić information content (AvgIpc) is 2.35. The van der Waals surface area contributed by atoms with Gasteiger partial charge in [-0.05, 0) is 17.1 Å². The zero-order valence-corrected chi connectivity index (χ0v) is 11.7. The zero-order valence-electron chi connectivity index (χ0n) is 11.7. The summed E-state index contributed by atoms with van der Waals surface area (Å²) >= 11 is 0. The van der Waals surface area contributed by atoms with Crippen molar-refractivity contribution in [3.63, 3.8) is 0 Å². The lowest BCUT2D eigenvalue weighted by Gasteiger charge is -2.41. The highest BCUT2D eigenvalue weighted by atomic mass is 16.5. The quantitative estimate of drug-likeness (QED) is 0.755. The molecule has 19 heavy (non-hydrogen) atoms. The van der Waals surface area contributed by atoms with Crippen molar-refractivity contribution in [1.82, 2.24) is 0 Å². The van der Waals surface area contributed by atoms with Gasteiger partial charge in [0.2, 0.25) is 0 Å². The number of nitrogens with two attached hydrogens (primary N) is 1. The molecule has 0 amide bonds. The highest BCUT2D eigenvalue weighted by Crippen LogP contribution is 2.40. The smallest absolute Gasteiger partial charge is 0.164 e. The predicted octanol–water partition coefficient (Wildman–Crippen LogP) is 0.0456. The first-order valence-corrected chi connectivity index (χ1v) is 5.65. The Morgan fingerprint density at radius 2 is 1.32 bits per heavy atom. The summed E-state index contributed by atoms with van der Waals surface area (Å²) in [6.07, 6.45) is 0. The first-order chi connectivity index (χ1) is 8.68. The van der Waals surface area contributed by atoms with Crippen LogP contribution in [0.5, 0.6) is 17.2 Å². The minimum Gasteiger partial charge on any atom is -0.496 e. The van der Waals surface area contributed by atoms with Crippen LogP contribution in [0.3, 0.4) is 0 Å². The Labute approximate surface area is 118 Å². The molecule has 0 heterocycles. The van der Waals surface area contributed by atoms with E-state index in [1.165, 1.54) is 28.3 Å². The van der Waals surface area contributed by atoms with Gasteiger partial charge < -0.3 is 19.9 Å². The van der Waals surface area contributed by atoms with Crippen molar-refractivity contribution in [2.24, 2.45) is 5.73 Å². The number of hydrogen-bond acceptors (Lipinski definition) is 4. The SMILES string of the molecule is [B]C(C)(N)C([B])([B])c1cc(OC)c(OC)cc1OC. The molecule has 0 spiro atoms. The van der Waals surface area contributed by atoms with Crippen LogP contribution in [0.2, 0.25) is 0 Å². The lowest BCUT2D eigenvalue weighted by Crippen LogP contribution is -2.58. The molecule has 0 aliphatic rings. The van der Waals surface area contributed by atoms with Crippen molar-refractivity contribution >= 4 is 23.5 Å². The van der Waals surface area contributed by atoms with Gasteiger partial charge in [0, 0.05) is 6.07 Å². The summed E-state index contributed by atoms with van der Waals surface area (Å²) in [5, 5.41) is -1.50. The fraction of sp³-hybridized carbons (Fsp3) is 0.500. The molecule has 0 aliphatic carbocycles. The van der Waals surface area contributed by atoms with E-state index in [0.717, 1.165) is 0 Å². The molecule has 1 atom stereocenters. The zero-order chi connectivity index (χ0) is 14.8. The summed E-state index contributed by atoms with van der Waals surface area (Å²) in [7, 11) is 22.5. The fourth-order valence-electron chi connectivity index (χ4n) is 1.64. The highest BCUT2D eigenvalue weighted by Gasteiger charge is 2.36. The van der Waals surface area contributed by atoms with Crippen LogP contribution in [-0.2, 0) is 5.21 Å². The van der Waals surface area contributed by atoms with E-state index in [-0.39, 0.29) is 0 Å². The molecule has 0 aromatic heterocycles. The van der Waals surface area contributed by atoms with Crippen LogP contribution in [0.15, 0.2) is 12.1 Å². The van der Waals surface area contributed by atoms with Crippen LogP contribution in [0.25, 0.3) is 0 Å². The van der Waals surface area contributed by atoms with Gasteiger partial charge in [0.25, 0.3) is 0 Å². The van der Waals surface area contributed by atoms with Crippen molar-refractivity contribution in [1.29, 1.82) is 0 Å². The fourth-order valence-corrected chi connectivity index (χ4v) is 1.64. The van der Waals surface area contributed by atoms with E-state index in [2.05, 4.69) is 0 Å². The van der Waals surface area contributed by atoms with Crippen LogP contribution in [-0.4, -0.2) is 50.3 Å². The molecule has 4 nitrogen and oxygen atoms in total. The molecule has 0 fully saturated rings. The van der Waals surface area contributed by atoms with Crippen LogP contribution in [0, 0.1) is 0 Å². The summed E-state index contributed by atoms with van der Waals surface area (Å²) in [4.78, 5) is 0. The van der Waals surface area contributed by atoms with Crippen molar-refractivity contribution in [2.75, 3.05) is 21.3 Å². The maximum Gasteiger partial charge on any atom is 0.164 e. The molecule has 0 bridgehead atoms. The van der Waals surface area contributed by atoms with Gasteiger partial charge >= 0.3 is 0 Å². The Morgan fingerprint density at radius 3 is 1.68 bits per heavy atom. The summed E-state index contributed by atoms with van der Waals surface area (Å²) < 4.78 is 15.7. The van der Waals surface area contributed by atoms with Crippen LogP contribution >= 0.6 is 0 Å². The second-order valence-electron chi connectivity index (χ2n) is 4.56. The van der Waals surface area contributed by atoms with Gasteiger partial charge in [-0.3, -0.25) is 0 Å². The van der Waals surface area contributed by atoms with E-state index in [0.29, 0.717) is 22.8 Å². The second kappa shape index (κ2) is 5.41. The van der Waals surface area contributed by atoms with Gasteiger partial charge in [0.05, 0.1) is 44.9 Å². The Kier molecular flexibility index (Phi) is 4.51. The molecule has 0 saturated carbocycles. The second-order valence-corrected chi connectivity index (χ2v) is 4.56. The number of methoxy groups -OCH3 is 3. The molecule has 6 radical (unpaired) electrons. The molecule has 1 aromatic carbocycles. The summed E-state index contributed by atoms with van der Waals surface area (Å²) in [6.45, 7) is 1.53. The topological polar surface area (TPSA) is 53.7 Å². The Morgan fingerprint density at radius 1 is 0.895 bits per heavy atom. The van der Waals surface area contributed by atoms with Crippen LogP contribution in [0.1, 0.15) is 12.5 Å². The lowest BCUT2D eigenvalue weighted by atomic mass is 9.38. The van der Waals surface area contributed by atoms with E-state index in [1.54, 1.807) is 12.1 Å². The normalized spacial score (nSPS) is 14.6. The van der Waals surface area contributed by atoms with Gasteiger partial charge in [-0.15, -0.1) is 0 Å². The van der Waals surface area contributed by atoms with Crippen molar-refractivity contribution in [3.8, 4) is 17.2 Å². The molecule has 96 valence electrons. The van der Waals surface area contributed by atoms with E-state index in [1.807, 2.05) is 0 Å². The molecule has 7 heteroatoms.